The van der Waals surface area contributed by atoms with Crippen molar-refractivity contribution in [2.24, 2.45) is 0 Å². The van der Waals surface area contributed by atoms with Crippen LogP contribution in [0.3, 0.4) is 0 Å². The van der Waals surface area contributed by atoms with Crippen LogP contribution in [0, 0.1) is 0 Å². The SMILES string of the molecule is CO[Si](CCCCCCCCO[Si](OC)(OC)OC)(OC)OC. The summed E-state index contributed by atoms with van der Waals surface area (Å²) in [5.74, 6) is 0. The first-order valence-corrected chi connectivity index (χ1v) is 11.6. The Morgan fingerprint density at radius 1 is 0.522 bits per heavy atom. The van der Waals surface area contributed by atoms with E-state index in [9.17, 15) is 0 Å². The molecule has 0 bridgehead atoms. The van der Waals surface area contributed by atoms with Gasteiger partial charge < -0.3 is 31.0 Å². The highest BCUT2D eigenvalue weighted by Gasteiger charge is 2.41. The largest absolute Gasteiger partial charge is 0.678 e. The van der Waals surface area contributed by atoms with Gasteiger partial charge in [-0.15, -0.1) is 0 Å². The van der Waals surface area contributed by atoms with Crippen molar-refractivity contribution < 1.29 is 31.0 Å². The molecule has 0 aromatic rings. The molecule has 0 aliphatic carbocycles. The maximum atomic E-state index is 5.62. The van der Waals surface area contributed by atoms with Crippen molar-refractivity contribution in [1.82, 2.24) is 0 Å². The highest BCUT2D eigenvalue weighted by atomic mass is 28.4. The van der Waals surface area contributed by atoms with Crippen LogP contribution in [-0.4, -0.2) is 67.1 Å². The summed E-state index contributed by atoms with van der Waals surface area (Å²) in [6.07, 6.45) is 6.65. The van der Waals surface area contributed by atoms with Gasteiger partial charge in [-0.3, -0.25) is 0 Å². The minimum absolute atomic E-state index is 0.592. The lowest BCUT2D eigenvalue weighted by Crippen LogP contribution is -2.46. The highest BCUT2D eigenvalue weighted by molar-refractivity contribution is 6.60. The summed E-state index contributed by atoms with van der Waals surface area (Å²) in [6.45, 7) is 0.592. The summed E-state index contributed by atoms with van der Waals surface area (Å²) in [5, 5.41) is 0. The summed E-state index contributed by atoms with van der Waals surface area (Å²) in [4.78, 5) is 0. The van der Waals surface area contributed by atoms with Crippen molar-refractivity contribution in [3.8, 4) is 0 Å². The molecule has 0 aliphatic heterocycles. The lowest BCUT2D eigenvalue weighted by Gasteiger charge is -2.24. The van der Waals surface area contributed by atoms with Gasteiger partial charge in [0.25, 0.3) is 0 Å². The molecule has 0 unspecified atom stereocenters. The topological polar surface area (TPSA) is 64.6 Å². The fourth-order valence-electron chi connectivity index (χ4n) is 2.33. The molecule has 0 N–H and O–H groups in total. The van der Waals surface area contributed by atoms with Crippen LogP contribution in [0.2, 0.25) is 6.04 Å². The summed E-state index contributed by atoms with van der Waals surface area (Å²) >= 11 is 0. The molecule has 0 rings (SSSR count). The Morgan fingerprint density at radius 2 is 0.957 bits per heavy atom. The first-order chi connectivity index (χ1) is 11.1. The summed E-state index contributed by atoms with van der Waals surface area (Å²) in [7, 11) is 4.34. The Hall–Kier alpha value is 0.154. The smallest absolute Gasteiger partial charge is 0.377 e. The number of hydrogen-bond acceptors (Lipinski definition) is 7. The second-order valence-electron chi connectivity index (χ2n) is 5.13. The molecule has 0 amide bonds. The molecule has 9 heteroatoms. The predicted octanol–water partition coefficient (Wildman–Crippen LogP) is 2.60. The number of hydrogen-bond donors (Lipinski definition) is 0. The van der Waals surface area contributed by atoms with Crippen molar-refractivity contribution in [3.63, 3.8) is 0 Å². The van der Waals surface area contributed by atoms with Crippen molar-refractivity contribution in [2.45, 2.75) is 44.6 Å². The molecule has 0 radical (unpaired) electrons. The molecule has 0 spiro atoms. The Bertz CT molecular complexity index is 231. The van der Waals surface area contributed by atoms with Crippen molar-refractivity contribution in [2.75, 3.05) is 49.3 Å². The van der Waals surface area contributed by atoms with E-state index >= 15 is 0 Å². The van der Waals surface area contributed by atoms with Gasteiger partial charge in [0.1, 0.15) is 0 Å². The van der Waals surface area contributed by atoms with Crippen LogP contribution in [0.5, 0.6) is 0 Å². The third-order valence-electron chi connectivity index (χ3n) is 3.84. The Kier molecular flexibility index (Phi) is 13.5. The third-order valence-corrected chi connectivity index (χ3v) is 8.73. The Morgan fingerprint density at radius 3 is 1.39 bits per heavy atom. The van der Waals surface area contributed by atoms with Gasteiger partial charge in [-0.05, 0) is 12.8 Å². The summed E-state index contributed by atoms with van der Waals surface area (Å²) in [5.41, 5.74) is 0. The minimum Gasteiger partial charge on any atom is -0.377 e. The van der Waals surface area contributed by atoms with Crippen LogP contribution in [-0.2, 0) is 31.0 Å². The zero-order valence-electron chi connectivity index (χ0n) is 15.5. The normalized spacial score (nSPS) is 12.8. The number of rotatable bonds is 16. The Labute approximate surface area is 143 Å². The first-order valence-electron chi connectivity index (χ1n) is 8.02. The van der Waals surface area contributed by atoms with Crippen LogP contribution < -0.4 is 0 Å². The minimum atomic E-state index is -2.87. The lowest BCUT2D eigenvalue weighted by molar-refractivity contribution is 0.00504. The zero-order valence-corrected chi connectivity index (χ0v) is 17.5. The lowest BCUT2D eigenvalue weighted by atomic mass is 10.1. The molecular weight excluding hydrogens is 336 g/mol. The van der Waals surface area contributed by atoms with E-state index in [2.05, 4.69) is 0 Å². The van der Waals surface area contributed by atoms with E-state index < -0.39 is 17.9 Å². The predicted molar refractivity (Wildman–Crippen MR) is 92.0 cm³/mol. The molecule has 0 saturated heterocycles. The van der Waals surface area contributed by atoms with Crippen LogP contribution in [0.1, 0.15) is 38.5 Å². The van der Waals surface area contributed by atoms with Crippen LogP contribution in [0.15, 0.2) is 0 Å². The fourth-order valence-corrected chi connectivity index (χ4v) is 5.37. The molecule has 140 valence electrons. The standard InChI is InChI=1S/C14H34O7Si2/c1-15-22(16-2,17-3)14-12-10-8-7-9-11-13-21-23(18-4,19-5)20-6/h7-14H2,1-6H3. The van der Waals surface area contributed by atoms with Gasteiger partial charge in [0.15, 0.2) is 0 Å². The van der Waals surface area contributed by atoms with Gasteiger partial charge in [0.2, 0.25) is 0 Å². The van der Waals surface area contributed by atoms with Crippen molar-refractivity contribution in [1.29, 1.82) is 0 Å². The molecule has 0 aromatic carbocycles. The van der Waals surface area contributed by atoms with Gasteiger partial charge in [0.05, 0.1) is 0 Å². The van der Waals surface area contributed by atoms with E-state index in [1.165, 1.54) is 12.8 Å². The molecule has 0 heterocycles. The average Bonchev–Trinajstić information content (AvgIpc) is 2.61. The van der Waals surface area contributed by atoms with Crippen molar-refractivity contribution in [3.05, 3.63) is 0 Å². The van der Waals surface area contributed by atoms with E-state index in [-0.39, 0.29) is 0 Å². The van der Waals surface area contributed by atoms with Gasteiger partial charge in [-0.25, -0.2) is 0 Å². The van der Waals surface area contributed by atoms with E-state index in [1.807, 2.05) is 0 Å². The second kappa shape index (κ2) is 13.4. The second-order valence-corrected chi connectivity index (χ2v) is 10.7. The van der Waals surface area contributed by atoms with E-state index in [0.717, 1.165) is 31.7 Å². The molecule has 0 atom stereocenters. The van der Waals surface area contributed by atoms with Gasteiger partial charge in [-0.1, -0.05) is 25.7 Å². The van der Waals surface area contributed by atoms with E-state index in [1.54, 1.807) is 42.7 Å². The molecule has 0 fully saturated rings. The van der Waals surface area contributed by atoms with Crippen LogP contribution >= 0.6 is 0 Å². The summed E-state index contributed by atoms with van der Waals surface area (Å²) in [6, 6.07) is 0.864. The average molecular weight is 371 g/mol. The highest BCUT2D eigenvalue weighted by Crippen LogP contribution is 2.18. The van der Waals surface area contributed by atoms with E-state index in [4.69, 9.17) is 31.0 Å². The number of unbranched alkanes of at least 4 members (excludes halogenated alkanes) is 5. The summed E-state index contributed by atoms with van der Waals surface area (Å²) < 4.78 is 37.4. The molecule has 7 nitrogen and oxygen atoms in total. The monoisotopic (exact) mass is 370 g/mol. The quantitative estimate of drug-likeness (QED) is 0.306. The van der Waals surface area contributed by atoms with Crippen molar-refractivity contribution >= 4 is 17.9 Å². The molecule has 0 aliphatic rings. The van der Waals surface area contributed by atoms with Crippen LogP contribution in [0.25, 0.3) is 0 Å². The maximum Gasteiger partial charge on any atom is 0.678 e. The molecular formula is C14H34O7Si2. The van der Waals surface area contributed by atoms with Crippen LogP contribution in [0.4, 0.5) is 0 Å². The molecule has 23 heavy (non-hydrogen) atoms. The van der Waals surface area contributed by atoms with Gasteiger partial charge >= 0.3 is 17.9 Å². The van der Waals surface area contributed by atoms with Gasteiger partial charge in [0, 0.05) is 55.3 Å². The third kappa shape index (κ3) is 8.70. The zero-order chi connectivity index (χ0) is 17.6. The Balaban J connectivity index is 3.64. The fraction of sp³-hybridized carbons (Fsp3) is 1.00. The van der Waals surface area contributed by atoms with Gasteiger partial charge in [-0.2, -0.15) is 0 Å². The first kappa shape index (κ1) is 23.2. The van der Waals surface area contributed by atoms with E-state index in [0.29, 0.717) is 6.61 Å². The molecule has 0 saturated carbocycles. The maximum absolute atomic E-state index is 5.62. The molecule has 0 aromatic heterocycles.